The first-order valence-electron chi connectivity index (χ1n) is 6.05. The molecule has 1 N–H and O–H groups in total. The normalized spacial score (nSPS) is 11.7. The van der Waals surface area contributed by atoms with Crippen molar-refractivity contribution in [2.24, 2.45) is 0 Å². The van der Waals surface area contributed by atoms with Crippen LogP contribution in [0.5, 0.6) is 0 Å². The van der Waals surface area contributed by atoms with Gasteiger partial charge in [-0.2, -0.15) is 0 Å². The maximum absolute atomic E-state index is 12.0. The highest BCUT2D eigenvalue weighted by molar-refractivity contribution is 8.00. The predicted molar refractivity (Wildman–Crippen MR) is 79.1 cm³/mol. The molecule has 2 rings (SSSR count). The van der Waals surface area contributed by atoms with E-state index in [1.807, 2.05) is 0 Å². The van der Waals surface area contributed by atoms with Gasteiger partial charge in [-0.25, -0.2) is 9.97 Å². The highest BCUT2D eigenvalue weighted by Gasteiger charge is 2.16. The van der Waals surface area contributed by atoms with Gasteiger partial charge in [-0.3, -0.25) is 14.9 Å². The Morgan fingerprint density at radius 3 is 2.48 bits per heavy atom. The summed E-state index contributed by atoms with van der Waals surface area (Å²) in [4.78, 5) is 30.1. The smallest absolute Gasteiger partial charge is 0.269 e. The van der Waals surface area contributed by atoms with Crippen molar-refractivity contribution in [2.45, 2.75) is 17.3 Å². The molecule has 0 aliphatic heterocycles. The number of hydrogen-bond donors (Lipinski definition) is 1. The van der Waals surface area contributed by atoms with Gasteiger partial charge in [0, 0.05) is 30.2 Å². The second kappa shape index (κ2) is 6.80. The van der Waals surface area contributed by atoms with Crippen LogP contribution in [-0.4, -0.2) is 26.0 Å². The summed E-state index contributed by atoms with van der Waals surface area (Å²) < 4.78 is 0. The molecule has 0 spiro atoms. The van der Waals surface area contributed by atoms with Gasteiger partial charge in [0.05, 0.1) is 10.2 Å². The molecule has 0 saturated heterocycles. The van der Waals surface area contributed by atoms with E-state index >= 15 is 0 Å². The molecule has 0 aliphatic rings. The van der Waals surface area contributed by atoms with Crippen LogP contribution in [0.25, 0.3) is 0 Å². The number of nitrogens with zero attached hydrogens (tertiary/aromatic N) is 3. The highest BCUT2D eigenvalue weighted by atomic mass is 32.2. The van der Waals surface area contributed by atoms with Crippen molar-refractivity contribution in [3.05, 3.63) is 52.8 Å². The first kappa shape index (κ1) is 14.9. The van der Waals surface area contributed by atoms with Crippen LogP contribution in [0.1, 0.15) is 6.92 Å². The number of rotatable bonds is 5. The van der Waals surface area contributed by atoms with E-state index < -0.39 is 4.92 Å². The topological polar surface area (TPSA) is 98.0 Å². The molecule has 1 amide bonds. The van der Waals surface area contributed by atoms with Crippen LogP contribution in [0.4, 0.5) is 11.4 Å². The van der Waals surface area contributed by atoms with Crippen molar-refractivity contribution in [1.29, 1.82) is 0 Å². The first-order chi connectivity index (χ1) is 10.1. The average Bonchev–Trinajstić information content (AvgIpc) is 2.48. The number of thioether (sulfide) groups is 1. The fourth-order valence-corrected chi connectivity index (χ4v) is 2.19. The number of hydrogen-bond acceptors (Lipinski definition) is 6. The number of benzene rings is 1. The Labute approximate surface area is 125 Å². The van der Waals surface area contributed by atoms with E-state index in [-0.39, 0.29) is 16.8 Å². The summed E-state index contributed by atoms with van der Waals surface area (Å²) in [6.45, 7) is 1.74. The van der Waals surface area contributed by atoms with Crippen molar-refractivity contribution >= 4 is 29.0 Å². The zero-order chi connectivity index (χ0) is 15.2. The Kier molecular flexibility index (Phi) is 4.83. The minimum absolute atomic E-state index is 0.0203. The number of carbonyl (C=O) groups is 1. The molecule has 1 aromatic heterocycles. The molecule has 7 nitrogen and oxygen atoms in total. The second-order valence-corrected chi connectivity index (χ2v) is 5.39. The van der Waals surface area contributed by atoms with Crippen LogP contribution in [0.2, 0.25) is 0 Å². The predicted octanol–water partition coefficient (Wildman–Crippen LogP) is 2.50. The van der Waals surface area contributed by atoms with E-state index in [2.05, 4.69) is 15.3 Å². The van der Waals surface area contributed by atoms with Crippen molar-refractivity contribution in [3.63, 3.8) is 0 Å². The molecule has 8 heteroatoms. The van der Waals surface area contributed by atoms with Gasteiger partial charge in [0.1, 0.15) is 0 Å². The highest BCUT2D eigenvalue weighted by Crippen LogP contribution is 2.21. The van der Waals surface area contributed by atoms with Crippen LogP contribution in [0.15, 0.2) is 47.9 Å². The number of nitro benzene ring substituents is 1. The number of nitro groups is 1. The van der Waals surface area contributed by atoms with Gasteiger partial charge in [0.25, 0.3) is 5.69 Å². The summed E-state index contributed by atoms with van der Waals surface area (Å²) in [5.74, 6) is -0.221. The van der Waals surface area contributed by atoms with Gasteiger partial charge < -0.3 is 5.32 Å². The summed E-state index contributed by atoms with van der Waals surface area (Å²) in [5, 5.41) is 13.4. The fraction of sp³-hybridized carbons (Fsp3) is 0.154. The Bertz CT molecular complexity index is 634. The lowest BCUT2D eigenvalue weighted by atomic mass is 10.3. The molecule has 0 saturated carbocycles. The molecule has 1 heterocycles. The maximum Gasteiger partial charge on any atom is 0.269 e. The first-order valence-corrected chi connectivity index (χ1v) is 6.93. The summed E-state index contributed by atoms with van der Waals surface area (Å²) in [6.07, 6.45) is 3.21. The molecule has 1 aromatic carbocycles. The number of anilines is 1. The quantitative estimate of drug-likeness (QED) is 0.394. The van der Waals surface area contributed by atoms with Crippen LogP contribution < -0.4 is 5.32 Å². The van der Waals surface area contributed by atoms with E-state index in [1.165, 1.54) is 36.0 Å². The van der Waals surface area contributed by atoms with E-state index in [4.69, 9.17) is 0 Å². The summed E-state index contributed by atoms with van der Waals surface area (Å²) >= 11 is 1.24. The van der Waals surface area contributed by atoms with Gasteiger partial charge in [0.2, 0.25) is 5.91 Å². The zero-order valence-electron chi connectivity index (χ0n) is 11.1. The number of nitrogens with one attached hydrogen (secondary N) is 1. The minimum Gasteiger partial charge on any atom is -0.325 e. The SMILES string of the molecule is CC(Sc1ncccn1)C(=O)Nc1ccc([N+](=O)[O-])cc1. The standard InChI is InChI=1S/C13H12N4O3S/c1-9(21-13-14-7-2-8-15-13)12(18)16-10-3-5-11(6-4-10)17(19)20/h2-9H,1H3,(H,16,18). The molecule has 2 aromatic rings. The van der Waals surface area contributed by atoms with Crippen molar-refractivity contribution in [3.8, 4) is 0 Å². The van der Waals surface area contributed by atoms with Crippen molar-refractivity contribution in [1.82, 2.24) is 9.97 Å². The van der Waals surface area contributed by atoms with Gasteiger partial charge in [-0.05, 0) is 25.1 Å². The molecule has 0 radical (unpaired) electrons. The Hall–Kier alpha value is -2.48. The summed E-state index contributed by atoms with van der Waals surface area (Å²) in [5.41, 5.74) is 0.486. The Balaban J connectivity index is 1.95. The maximum atomic E-state index is 12.0. The third-order valence-electron chi connectivity index (χ3n) is 2.54. The summed E-state index contributed by atoms with van der Waals surface area (Å²) in [6, 6.07) is 7.37. The monoisotopic (exact) mass is 304 g/mol. The second-order valence-electron chi connectivity index (χ2n) is 4.08. The minimum atomic E-state index is -0.489. The third kappa shape index (κ3) is 4.25. The average molecular weight is 304 g/mol. The lowest BCUT2D eigenvalue weighted by Crippen LogP contribution is -2.22. The van der Waals surface area contributed by atoms with Crippen LogP contribution in [-0.2, 0) is 4.79 Å². The number of amides is 1. The summed E-state index contributed by atoms with van der Waals surface area (Å²) in [7, 11) is 0. The van der Waals surface area contributed by atoms with Crippen molar-refractivity contribution in [2.75, 3.05) is 5.32 Å². The molecule has 1 atom stereocenters. The molecule has 1 unspecified atom stereocenters. The van der Waals surface area contributed by atoms with E-state index in [9.17, 15) is 14.9 Å². The van der Waals surface area contributed by atoms with Gasteiger partial charge in [-0.1, -0.05) is 11.8 Å². The molecule has 0 aliphatic carbocycles. The lowest BCUT2D eigenvalue weighted by molar-refractivity contribution is -0.384. The Morgan fingerprint density at radius 1 is 1.29 bits per heavy atom. The number of carbonyl (C=O) groups excluding carboxylic acids is 1. The van der Waals surface area contributed by atoms with Crippen LogP contribution in [0.3, 0.4) is 0 Å². The number of aromatic nitrogens is 2. The zero-order valence-corrected chi connectivity index (χ0v) is 11.9. The van der Waals surface area contributed by atoms with Gasteiger partial charge >= 0.3 is 0 Å². The van der Waals surface area contributed by atoms with E-state index in [0.717, 1.165) is 0 Å². The van der Waals surface area contributed by atoms with Gasteiger partial charge in [-0.15, -0.1) is 0 Å². The molecular weight excluding hydrogens is 292 g/mol. The van der Waals surface area contributed by atoms with Crippen molar-refractivity contribution < 1.29 is 9.72 Å². The van der Waals surface area contributed by atoms with Crippen LogP contribution >= 0.6 is 11.8 Å². The molecule has 0 fully saturated rings. The molecular formula is C13H12N4O3S. The van der Waals surface area contributed by atoms with Crippen LogP contribution in [0, 0.1) is 10.1 Å². The molecule has 21 heavy (non-hydrogen) atoms. The van der Waals surface area contributed by atoms with Gasteiger partial charge in [0.15, 0.2) is 5.16 Å². The van der Waals surface area contributed by atoms with E-state index in [0.29, 0.717) is 10.8 Å². The third-order valence-corrected chi connectivity index (χ3v) is 3.53. The number of non-ortho nitro benzene ring substituents is 1. The fourth-order valence-electron chi connectivity index (χ4n) is 1.47. The molecule has 108 valence electrons. The lowest BCUT2D eigenvalue weighted by Gasteiger charge is -2.10. The Morgan fingerprint density at radius 2 is 1.90 bits per heavy atom. The van der Waals surface area contributed by atoms with E-state index in [1.54, 1.807) is 25.4 Å². The largest absolute Gasteiger partial charge is 0.325 e. The molecule has 0 bridgehead atoms.